The maximum atomic E-state index is 12.9. The van der Waals surface area contributed by atoms with Crippen LogP contribution < -0.4 is 11.1 Å². The van der Waals surface area contributed by atoms with E-state index >= 15 is 0 Å². The van der Waals surface area contributed by atoms with E-state index in [-0.39, 0.29) is 30.0 Å². The normalized spacial score (nSPS) is 16.1. The SMILES string of the molecule is Cc1cc(C(=O)OCc2ccccc2)ncc1-c1cc2cc(NC(=O)[C@H]3C[C@@H]3c3cnn(C)c3)ncc2c(N)n1. The number of aryl methyl sites for hydroxylation is 2. The van der Waals surface area contributed by atoms with E-state index in [1.54, 1.807) is 35.4 Å². The lowest BCUT2D eigenvalue weighted by atomic mass is 10.0. The molecule has 10 nitrogen and oxygen atoms in total. The van der Waals surface area contributed by atoms with Gasteiger partial charge in [0.25, 0.3) is 0 Å². The summed E-state index contributed by atoms with van der Waals surface area (Å²) in [4.78, 5) is 38.7. The molecule has 1 saturated carbocycles. The van der Waals surface area contributed by atoms with Gasteiger partial charge in [0.1, 0.15) is 23.9 Å². The van der Waals surface area contributed by atoms with Gasteiger partial charge in [0.15, 0.2) is 0 Å². The quantitative estimate of drug-likeness (QED) is 0.293. The molecule has 0 spiro atoms. The molecule has 1 aromatic carbocycles. The van der Waals surface area contributed by atoms with E-state index < -0.39 is 5.97 Å². The Hall–Kier alpha value is -5.12. The average Bonchev–Trinajstić information content (AvgIpc) is 3.64. The van der Waals surface area contributed by atoms with Gasteiger partial charge in [0, 0.05) is 42.5 Å². The molecule has 4 aromatic heterocycles. The molecule has 1 aliphatic carbocycles. The molecule has 200 valence electrons. The van der Waals surface area contributed by atoms with Crippen molar-refractivity contribution in [2.75, 3.05) is 11.1 Å². The zero-order chi connectivity index (χ0) is 27.8. The first-order chi connectivity index (χ1) is 19.4. The van der Waals surface area contributed by atoms with Crippen LogP contribution in [0.15, 0.2) is 73.3 Å². The van der Waals surface area contributed by atoms with Gasteiger partial charge in [0.2, 0.25) is 5.91 Å². The molecule has 0 aliphatic heterocycles. The lowest BCUT2D eigenvalue weighted by Gasteiger charge is -2.11. The fourth-order valence-corrected chi connectivity index (χ4v) is 4.82. The number of carbonyl (C=O) groups is 2. The van der Waals surface area contributed by atoms with Crippen LogP contribution in [0.1, 0.15) is 39.5 Å². The van der Waals surface area contributed by atoms with Crippen molar-refractivity contribution in [2.24, 2.45) is 13.0 Å². The highest BCUT2D eigenvalue weighted by molar-refractivity contribution is 5.99. The summed E-state index contributed by atoms with van der Waals surface area (Å²) >= 11 is 0. The van der Waals surface area contributed by atoms with Gasteiger partial charge in [-0.25, -0.2) is 19.7 Å². The summed E-state index contributed by atoms with van der Waals surface area (Å²) in [6, 6.07) is 14.8. The number of ether oxygens (including phenoxy) is 1. The number of benzene rings is 1. The highest BCUT2D eigenvalue weighted by Crippen LogP contribution is 2.47. The van der Waals surface area contributed by atoms with E-state index in [1.807, 2.05) is 56.6 Å². The maximum absolute atomic E-state index is 12.9. The highest BCUT2D eigenvalue weighted by Gasteiger charge is 2.44. The third kappa shape index (κ3) is 5.11. The van der Waals surface area contributed by atoms with Crippen molar-refractivity contribution in [1.82, 2.24) is 24.7 Å². The van der Waals surface area contributed by atoms with E-state index in [1.165, 1.54) is 0 Å². The van der Waals surface area contributed by atoms with E-state index in [0.717, 1.165) is 34.1 Å². The van der Waals surface area contributed by atoms with Crippen molar-refractivity contribution in [2.45, 2.75) is 25.9 Å². The number of rotatable bonds is 7. The Morgan fingerprint density at radius 3 is 2.67 bits per heavy atom. The van der Waals surface area contributed by atoms with Crippen LogP contribution in [0.2, 0.25) is 0 Å². The summed E-state index contributed by atoms with van der Waals surface area (Å²) < 4.78 is 7.15. The average molecular weight is 534 g/mol. The number of nitrogen functional groups attached to an aromatic ring is 1. The number of anilines is 2. The van der Waals surface area contributed by atoms with Crippen LogP contribution >= 0.6 is 0 Å². The second kappa shape index (κ2) is 10.2. The molecular formula is C30H27N7O3. The van der Waals surface area contributed by atoms with E-state index in [2.05, 4.69) is 25.4 Å². The summed E-state index contributed by atoms with van der Waals surface area (Å²) in [5.41, 5.74) is 10.6. The van der Waals surface area contributed by atoms with Crippen LogP contribution in [0.3, 0.4) is 0 Å². The van der Waals surface area contributed by atoms with Gasteiger partial charge in [-0.1, -0.05) is 30.3 Å². The topological polar surface area (TPSA) is 138 Å². The molecule has 0 bridgehead atoms. The molecule has 6 rings (SSSR count). The Bertz CT molecular complexity index is 1750. The number of carbonyl (C=O) groups excluding carboxylic acids is 2. The number of hydrogen-bond acceptors (Lipinski definition) is 8. The molecule has 0 unspecified atom stereocenters. The van der Waals surface area contributed by atoms with Crippen LogP contribution in [0, 0.1) is 12.8 Å². The Kier molecular flexibility index (Phi) is 6.43. The summed E-state index contributed by atoms with van der Waals surface area (Å²) in [6.07, 6.45) is 7.74. The van der Waals surface area contributed by atoms with Gasteiger partial charge in [-0.2, -0.15) is 5.10 Å². The Morgan fingerprint density at radius 1 is 1.10 bits per heavy atom. The van der Waals surface area contributed by atoms with Crippen molar-refractivity contribution in [3.05, 3.63) is 95.7 Å². The summed E-state index contributed by atoms with van der Waals surface area (Å²) in [6.45, 7) is 2.04. The monoisotopic (exact) mass is 533 g/mol. The molecule has 4 heterocycles. The van der Waals surface area contributed by atoms with Crippen molar-refractivity contribution in [3.8, 4) is 11.3 Å². The molecule has 10 heteroatoms. The number of hydrogen-bond donors (Lipinski definition) is 2. The van der Waals surface area contributed by atoms with Gasteiger partial charge in [-0.05, 0) is 59.5 Å². The number of nitrogens with zero attached hydrogens (tertiary/aromatic N) is 5. The summed E-state index contributed by atoms with van der Waals surface area (Å²) in [5, 5.41) is 8.58. The number of amides is 1. The van der Waals surface area contributed by atoms with Crippen molar-refractivity contribution in [1.29, 1.82) is 0 Å². The van der Waals surface area contributed by atoms with Gasteiger partial charge in [0.05, 0.1) is 11.9 Å². The minimum Gasteiger partial charge on any atom is -0.456 e. The number of pyridine rings is 3. The number of esters is 1. The zero-order valence-electron chi connectivity index (χ0n) is 22.0. The third-order valence-corrected chi connectivity index (χ3v) is 7.09. The predicted octanol–water partition coefficient (Wildman–Crippen LogP) is 4.42. The fourth-order valence-electron chi connectivity index (χ4n) is 4.82. The molecule has 3 N–H and O–H groups in total. The highest BCUT2D eigenvalue weighted by atomic mass is 16.5. The Balaban J connectivity index is 1.19. The minimum atomic E-state index is -0.502. The largest absolute Gasteiger partial charge is 0.456 e. The standard InChI is InChI=1S/C30H27N7O3/c1-17-8-26(30(39)40-16-18-6-4-3-5-7-18)32-13-23(17)25-9-19-10-27(33-14-24(19)28(31)35-25)36-29(38)22-11-21(22)20-12-34-37(2)15-20/h3-10,12-15,21-22H,11,16H2,1-2H3,(H2,31,35)(H,33,36,38)/t21-,22+/m1/s1. The van der Waals surface area contributed by atoms with Crippen LogP contribution in [0.4, 0.5) is 11.6 Å². The lowest BCUT2D eigenvalue weighted by Crippen LogP contribution is -2.15. The van der Waals surface area contributed by atoms with E-state index in [0.29, 0.717) is 22.7 Å². The first-order valence-electron chi connectivity index (χ1n) is 12.9. The van der Waals surface area contributed by atoms with Crippen molar-refractivity contribution < 1.29 is 14.3 Å². The van der Waals surface area contributed by atoms with Gasteiger partial charge in [-0.3, -0.25) is 9.48 Å². The second-order valence-electron chi connectivity index (χ2n) is 10.0. The molecule has 0 radical (unpaired) electrons. The van der Waals surface area contributed by atoms with Crippen molar-refractivity contribution in [3.63, 3.8) is 0 Å². The zero-order valence-corrected chi connectivity index (χ0v) is 22.0. The number of nitrogens with one attached hydrogen (secondary N) is 1. The Labute approximate surface area is 230 Å². The second-order valence-corrected chi connectivity index (χ2v) is 10.0. The first kappa shape index (κ1) is 25.2. The number of nitrogens with two attached hydrogens (primary N) is 1. The minimum absolute atomic E-state index is 0.0715. The van der Waals surface area contributed by atoms with E-state index in [4.69, 9.17) is 10.5 Å². The summed E-state index contributed by atoms with van der Waals surface area (Å²) in [5.74, 6) is 0.246. The molecular weight excluding hydrogens is 506 g/mol. The fraction of sp³-hybridized carbons (Fsp3) is 0.200. The summed E-state index contributed by atoms with van der Waals surface area (Å²) in [7, 11) is 1.86. The predicted molar refractivity (Wildman–Crippen MR) is 150 cm³/mol. The van der Waals surface area contributed by atoms with Crippen molar-refractivity contribution >= 4 is 34.3 Å². The molecule has 2 atom stereocenters. The van der Waals surface area contributed by atoms with Gasteiger partial charge in [-0.15, -0.1) is 0 Å². The lowest BCUT2D eigenvalue weighted by molar-refractivity contribution is -0.117. The smallest absolute Gasteiger partial charge is 0.357 e. The molecule has 0 saturated heterocycles. The maximum Gasteiger partial charge on any atom is 0.357 e. The van der Waals surface area contributed by atoms with Crippen LogP contribution in [0.5, 0.6) is 0 Å². The van der Waals surface area contributed by atoms with Gasteiger partial charge < -0.3 is 15.8 Å². The van der Waals surface area contributed by atoms with Crippen LogP contribution in [-0.2, 0) is 23.2 Å². The number of fused-ring (bicyclic) bond motifs is 1. The molecule has 1 aliphatic rings. The molecule has 1 amide bonds. The van der Waals surface area contributed by atoms with Crippen LogP contribution in [0.25, 0.3) is 22.0 Å². The van der Waals surface area contributed by atoms with E-state index in [9.17, 15) is 9.59 Å². The molecule has 1 fully saturated rings. The van der Waals surface area contributed by atoms with Gasteiger partial charge >= 0.3 is 5.97 Å². The molecule has 5 aromatic rings. The Morgan fingerprint density at radius 2 is 1.93 bits per heavy atom. The first-order valence-corrected chi connectivity index (χ1v) is 12.9. The van der Waals surface area contributed by atoms with Crippen LogP contribution in [-0.4, -0.2) is 36.6 Å². The third-order valence-electron chi connectivity index (χ3n) is 7.09. The molecule has 40 heavy (non-hydrogen) atoms. The number of aromatic nitrogens is 5.